The molecule has 1 aromatic carbocycles. The Bertz CT molecular complexity index is 1230. The van der Waals surface area contributed by atoms with Gasteiger partial charge in [0.25, 0.3) is 0 Å². The number of aromatic hydroxyl groups is 1. The number of carbonyl (C=O) groups is 1. The van der Waals surface area contributed by atoms with Gasteiger partial charge in [0.05, 0.1) is 7.11 Å². The largest absolute Gasteiger partial charge is 0.504 e. The summed E-state index contributed by atoms with van der Waals surface area (Å²) in [5.41, 5.74) is 3.86. The first-order chi connectivity index (χ1) is 20.0. The number of carbonyl (C=O) groups excluding carboxylic acids is 1. The zero-order chi connectivity index (χ0) is 29.9. The molecular weight excluding hydrogens is 520 g/mol. The fourth-order valence-electron chi connectivity index (χ4n) is 11.3. The van der Waals surface area contributed by atoms with Crippen LogP contribution in [0, 0.1) is 51.8 Å². The fourth-order valence-corrected chi connectivity index (χ4v) is 11.3. The van der Waals surface area contributed by atoms with Crippen LogP contribution in [0.15, 0.2) is 36.4 Å². The fraction of sp³-hybridized carbons (Fsp3) is 0.711. The summed E-state index contributed by atoms with van der Waals surface area (Å²) in [4.78, 5) is 12.8. The molecule has 0 radical (unpaired) electrons. The molecule has 5 aliphatic rings. The van der Waals surface area contributed by atoms with Gasteiger partial charge in [0, 0.05) is 6.08 Å². The molecule has 0 amide bonds. The standard InChI is InChI=1S/C38H54O4/c1-24(2)25(3)7-8-26(4)30-13-14-31-32-12-11-28-22-29(17-18-37(28)23-38(32,37)20-19-36(30,31)5)42-35(40)16-10-27-9-15-33(39)34(21-27)41-6/h9-10,15-16,21,24,26,28-32,39H,3,7-8,11-14,17-20,22-23H2,1-2,4-6H3/b16-10+/t26-,28?,29?,30-,31+,32+,36-,37-,38+/m1/s1. The van der Waals surface area contributed by atoms with E-state index in [4.69, 9.17) is 9.47 Å². The lowest BCUT2D eigenvalue weighted by atomic mass is 9.49. The molecule has 0 heterocycles. The van der Waals surface area contributed by atoms with Gasteiger partial charge in [-0.3, -0.25) is 0 Å². The van der Waals surface area contributed by atoms with Crippen molar-refractivity contribution in [3.05, 3.63) is 42.0 Å². The van der Waals surface area contributed by atoms with Gasteiger partial charge in [0.15, 0.2) is 11.5 Å². The van der Waals surface area contributed by atoms with E-state index >= 15 is 0 Å². The van der Waals surface area contributed by atoms with Crippen molar-refractivity contribution in [3.63, 3.8) is 0 Å². The van der Waals surface area contributed by atoms with Crippen LogP contribution in [0.3, 0.4) is 0 Å². The molecule has 1 N–H and O–H groups in total. The predicted molar refractivity (Wildman–Crippen MR) is 169 cm³/mol. The zero-order valence-electron chi connectivity index (χ0n) is 26.8. The number of methoxy groups -OCH3 is 1. The zero-order valence-corrected chi connectivity index (χ0v) is 26.8. The Morgan fingerprint density at radius 1 is 1.07 bits per heavy atom. The third-order valence-electron chi connectivity index (χ3n) is 13.7. The van der Waals surface area contributed by atoms with E-state index in [1.807, 2.05) is 0 Å². The van der Waals surface area contributed by atoms with Gasteiger partial charge in [0.2, 0.25) is 0 Å². The van der Waals surface area contributed by atoms with Gasteiger partial charge in [0.1, 0.15) is 6.10 Å². The number of fused-ring (bicyclic) bond motifs is 2. The summed E-state index contributed by atoms with van der Waals surface area (Å²) >= 11 is 0. The molecule has 9 atom stereocenters. The average molecular weight is 575 g/mol. The van der Waals surface area contributed by atoms with E-state index in [1.54, 1.807) is 24.3 Å². The Morgan fingerprint density at radius 2 is 1.86 bits per heavy atom. The summed E-state index contributed by atoms with van der Waals surface area (Å²) < 4.78 is 11.2. The first kappa shape index (κ1) is 29.8. The molecule has 5 aliphatic carbocycles. The summed E-state index contributed by atoms with van der Waals surface area (Å²) in [6, 6.07) is 5.07. The molecule has 42 heavy (non-hydrogen) atoms. The summed E-state index contributed by atoms with van der Waals surface area (Å²) in [6.07, 6.45) is 19.0. The van der Waals surface area contributed by atoms with Crippen molar-refractivity contribution >= 4 is 12.0 Å². The summed E-state index contributed by atoms with van der Waals surface area (Å²) in [5, 5.41) is 9.82. The number of phenols is 1. The first-order valence-electron chi connectivity index (χ1n) is 17.0. The molecule has 5 fully saturated rings. The van der Waals surface area contributed by atoms with Crippen molar-refractivity contribution in [2.45, 2.75) is 111 Å². The van der Waals surface area contributed by atoms with Crippen molar-refractivity contribution < 1.29 is 19.4 Å². The van der Waals surface area contributed by atoms with Gasteiger partial charge in [-0.1, -0.05) is 45.9 Å². The predicted octanol–water partition coefficient (Wildman–Crippen LogP) is 9.37. The molecule has 5 saturated carbocycles. The third-order valence-corrected chi connectivity index (χ3v) is 13.7. The maximum Gasteiger partial charge on any atom is 0.331 e. The highest BCUT2D eigenvalue weighted by molar-refractivity contribution is 5.87. The Hall–Kier alpha value is -2.23. The monoisotopic (exact) mass is 574 g/mol. The quantitative estimate of drug-likeness (QED) is 0.181. The lowest BCUT2D eigenvalue weighted by molar-refractivity contribution is -0.149. The molecule has 0 aromatic heterocycles. The molecule has 230 valence electrons. The molecule has 2 spiro atoms. The number of benzene rings is 1. The number of hydrogen-bond donors (Lipinski definition) is 1. The maximum atomic E-state index is 12.8. The van der Waals surface area contributed by atoms with Crippen LogP contribution in [-0.2, 0) is 9.53 Å². The number of ether oxygens (including phenoxy) is 2. The van der Waals surface area contributed by atoms with Crippen molar-refractivity contribution in [1.29, 1.82) is 0 Å². The molecule has 1 aromatic rings. The normalized spacial score (nSPS) is 39.1. The Labute approximate surface area is 254 Å². The molecule has 2 unspecified atom stereocenters. The molecule has 0 saturated heterocycles. The Balaban J connectivity index is 1.06. The van der Waals surface area contributed by atoms with Gasteiger partial charge in [-0.15, -0.1) is 0 Å². The lowest BCUT2D eigenvalue weighted by Crippen LogP contribution is -2.49. The minimum atomic E-state index is -0.265. The van der Waals surface area contributed by atoms with Gasteiger partial charge >= 0.3 is 5.97 Å². The van der Waals surface area contributed by atoms with E-state index in [1.165, 1.54) is 83.0 Å². The van der Waals surface area contributed by atoms with Gasteiger partial charge < -0.3 is 14.6 Å². The molecular formula is C38H54O4. The van der Waals surface area contributed by atoms with Crippen LogP contribution >= 0.6 is 0 Å². The van der Waals surface area contributed by atoms with Gasteiger partial charge in [-0.25, -0.2) is 4.79 Å². The second kappa shape index (κ2) is 11.0. The van der Waals surface area contributed by atoms with Crippen molar-refractivity contribution in [3.8, 4) is 11.5 Å². The van der Waals surface area contributed by atoms with E-state index in [0.29, 0.717) is 33.8 Å². The van der Waals surface area contributed by atoms with E-state index in [2.05, 4.69) is 34.3 Å². The SMILES string of the molecule is C=C(CC[C@@H](C)[C@H]1CC[C@H]2[C@@H]3CCC4CC(OC(=O)/C=C/c5ccc(O)c(OC)c5)CC[C@@]45C[C@@]35CC[C@]12C)C(C)C. The van der Waals surface area contributed by atoms with E-state index in [9.17, 15) is 9.90 Å². The van der Waals surface area contributed by atoms with Crippen molar-refractivity contribution in [2.75, 3.05) is 7.11 Å². The van der Waals surface area contributed by atoms with Crippen LogP contribution in [-0.4, -0.2) is 24.3 Å². The number of rotatable bonds is 9. The summed E-state index contributed by atoms with van der Waals surface area (Å²) in [6.45, 7) is 14.2. The van der Waals surface area contributed by atoms with E-state index in [0.717, 1.165) is 42.1 Å². The molecule has 0 aliphatic heterocycles. The van der Waals surface area contributed by atoms with E-state index < -0.39 is 0 Å². The van der Waals surface area contributed by atoms with Gasteiger partial charge in [-0.2, -0.15) is 0 Å². The van der Waals surface area contributed by atoms with Crippen LogP contribution < -0.4 is 4.74 Å². The number of hydrogen-bond acceptors (Lipinski definition) is 4. The van der Waals surface area contributed by atoms with Crippen LogP contribution in [0.5, 0.6) is 11.5 Å². The number of allylic oxidation sites excluding steroid dienone is 1. The van der Waals surface area contributed by atoms with Crippen LogP contribution in [0.1, 0.15) is 110 Å². The smallest absolute Gasteiger partial charge is 0.331 e. The van der Waals surface area contributed by atoms with E-state index in [-0.39, 0.29) is 17.8 Å². The number of esters is 1. The topological polar surface area (TPSA) is 55.8 Å². The highest BCUT2D eigenvalue weighted by Crippen LogP contribution is 2.85. The second-order valence-corrected chi connectivity index (χ2v) is 15.6. The number of phenolic OH excluding ortho intramolecular Hbond substituents is 1. The third kappa shape index (κ3) is 4.84. The summed E-state index contributed by atoms with van der Waals surface area (Å²) in [5.74, 6) is 5.04. The summed E-state index contributed by atoms with van der Waals surface area (Å²) in [7, 11) is 1.52. The Morgan fingerprint density at radius 3 is 2.62 bits per heavy atom. The minimum absolute atomic E-state index is 0.0347. The second-order valence-electron chi connectivity index (χ2n) is 15.6. The van der Waals surface area contributed by atoms with Crippen LogP contribution in [0.25, 0.3) is 6.08 Å². The Kier molecular flexibility index (Phi) is 7.84. The van der Waals surface area contributed by atoms with Crippen LogP contribution in [0.4, 0.5) is 0 Å². The average Bonchev–Trinajstić information content (AvgIpc) is 3.51. The molecule has 0 bridgehead atoms. The lowest BCUT2D eigenvalue weighted by Gasteiger charge is -2.56. The first-order valence-corrected chi connectivity index (χ1v) is 17.0. The van der Waals surface area contributed by atoms with Crippen molar-refractivity contribution in [2.24, 2.45) is 51.8 Å². The maximum absolute atomic E-state index is 12.8. The van der Waals surface area contributed by atoms with Gasteiger partial charge in [-0.05, 0) is 153 Å². The van der Waals surface area contributed by atoms with Crippen molar-refractivity contribution in [1.82, 2.24) is 0 Å². The molecule has 4 heteroatoms. The highest BCUT2D eigenvalue weighted by Gasteiger charge is 2.78. The minimum Gasteiger partial charge on any atom is -0.504 e. The van der Waals surface area contributed by atoms with Crippen LogP contribution in [0.2, 0.25) is 0 Å². The molecule has 4 nitrogen and oxygen atoms in total. The highest BCUT2D eigenvalue weighted by atomic mass is 16.5. The molecule has 6 rings (SSSR count).